The Morgan fingerprint density at radius 1 is 0.951 bits per heavy atom. The number of hydrogen-bond acceptors (Lipinski definition) is 4. The summed E-state index contributed by atoms with van der Waals surface area (Å²) < 4.78 is 69.2. The van der Waals surface area contributed by atoms with E-state index in [0.29, 0.717) is 21.0 Å². The second kappa shape index (κ2) is 13.6. The number of alkyl halides is 3. The molecule has 13 heteroatoms. The number of amides is 2. The van der Waals surface area contributed by atoms with Crippen LogP contribution in [0.2, 0.25) is 10.0 Å². The smallest absolute Gasteiger partial charge is 0.355 e. The fourth-order valence-electron chi connectivity index (χ4n) is 4.13. The third-order valence-corrected chi connectivity index (χ3v) is 8.53. The lowest BCUT2D eigenvalue weighted by Gasteiger charge is -2.33. The lowest BCUT2D eigenvalue weighted by atomic mass is 10.1. The van der Waals surface area contributed by atoms with Crippen molar-refractivity contribution in [2.24, 2.45) is 0 Å². The van der Waals surface area contributed by atoms with Gasteiger partial charge in [-0.15, -0.1) is 0 Å². The fourth-order valence-corrected chi connectivity index (χ4v) is 5.91. The van der Waals surface area contributed by atoms with Gasteiger partial charge in [-0.25, -0.2) is 8.42 Å². The standard InChI is InChI=1S/C28H28Cl2F3N3O4S/c1-3-25(27(38)34-4-2)35(17-19-10-12-20(29)13-11-19)26(37)18-36(41(39,40)22-8-6-5-7-9-22)21-14-15-24(30)23(16-21)28(31,32)33/h5-16,25H,3-4,17-18H2,1-2H3,(H,34,38). The summed E-state index contributed by atoms with van der Waals surface area (Å²) >= 11 is 11.8. The third kappa shape index (κ3) is 7.93. The third-order valence-electron chi connectivity index (χ3n) is 6.16. The number of carbonyl (C=O) groups is 2. The van der Waals surface area contributed by atoms with Crippen molar-refractivity contribution in [3.05, 3.63) is 94.0 Å². The molecule has 0 saturated heterocycles. The van der Waals surface area contributed by atoms with E-state index in [1.807, 2.05) is 0 Å². The molecule has 0 aliphatic carbocycles. The van der Waals surface area contributed by atoms with Crippen molar-refractivity contribution in [3.63, 3.8) is 0 Å². The Bertz CT molecular complexity index is 1470. The van der Waals surface area contributed by atoms with Crippen LogP contribution in [0.5, 0.6) is 0 Å². The summed E-state index contributed by atoms with van der Waals surface area (Å²) in [5.41, 5.74) is -1.07. The zero-order chi connectivity index (χ0) is 30.4. The molecule has 1 unspecified atom stereocenters. The van der Waals surface area contributed by atoms with Crippen molar-refractivity contribution in [1.82, 2.24) is 10.2 Å². The summed E-state index contributed by atoms with van der Waals surface area (Å²) in [5.74, 6) is -1.26. The van der Waals surface area contributed by atoms with Crippen LogP contribution in [0, 0.1) is 0 Å². The summed E-state index contributed by atoms with van der Waals surface area (Å²) in [4.78, 5) is 27.8. The van der Waals surface area contributed by atoms with Gasteiger partial charge < -0.3 is 10.2 Å². The zero-order valence-corrected chi connectivity index (χ0v) is 24.5. The minimum atomic E-state index is -4.88. The van der Waals surface area contributed by atoms with E-state index in [2.05, 4.69) is 5.32 Å². The van der Waals surface area contributed by atoms with E-state index in [0.717, 1.165) is 12.1 Å². The Morgan fingerprint density at radius 2 is 1.59 bits per heavy atom. The van der Waals surface area contributed by atoms with Gasteiger partial charge in [0, 0.05) is 18.1 Å². The summed E-state index contributed by atoms with van der Waals surface area (Å²) in [6.45, 7) is 2.72. The monoisotopic (exact) mass is 629 g/mol. The molecule has 1 N–H and O–H groups in total. The first kappa shape index (κ1) is 32.2. The first-order valence-electron chi connectivity index (χ1n) is 12.6. The molecule has 3 rings (SSSR count). The van der Waals surface area contributed by atoms with Gasteiger partial charge in [0.15, 0.2) is 0 Å². The maximum Gasteiger partial charge on any atom is 0.417 e. The zero-order valence-electron chi connectivity index (χ0n) is 22.2. The van der Waals surface area contributed by atoms with E-state index in [-0.39, 0.29) is 24.4 Å². The van der Waals surface area contributed by atoms with Crippen molar-refractivity contribution in [1.29, 1.82) is 0 Å². The van der Waals surface area contributed by atoms with Gasteiger partial charge in [-0.3, -0.25) is 13.9 Å². The molecule has 220 valence electrons. The quantitative estimate of drug-likeness (QED) is 0.276. The van der Waals surface area contributed by atoms with Crippen LogP contribution in [-0.4, -0.2) is 44.3 Å². The normalized spacial score (nSPS) is 12.5. The second-order valence-corrected chi connectivity index (χ2v) is 11.7. The number of nitrogens with zero attached hydrogens (tertiary/aromatic N) is 2. The van der Waals surface area contributed by atoms with E-state index >= 15 is 0 Å². The fraction of sp³-hybridized carbons (Fsp3) is 0.286. The van der Waals surface area contributed by atoms with Crippen LogP contribution in [0.1, 0.15) is 31.4 Å². The van der Waals surface area contributed by atoms with Crippen molar-refractivity contribution in [3.8, 4) is 0 Å². The number of rotatable bonds is 11. The van der Waals surface area contributed by atoms with Crippen LogP contribution in [0.3, 0.4) is 0 Å². The van der Waals surface area contributed by atoms with Crippen molar-refractivity contribution < 1.29 is 31.2 Å². The predicted octanol–water partition coefficient (Wildman–Crippen LogP) is 6.15. The van der Waals surface area contributed by atoms with E-state index in [9.17, 15) is 31.2 Å². The first-order valence-corrected chi connectivity index (χ1v) is 14.7. The summed E-state index contributed by atoms with van der Waals surface area (Å²) in [6.07, 6.45) is -4.69. The predicted molar refractivity (Wildman–Crippen MR) is 152 cm³/mol. The molecule has 3 aromatic carbocycles. The Labute approximate surface area is 246 Å². The number of likely N-dealkylation sites (N-methyl/N-ethyl adjacent to an activating group) is 1. The van der Waals surface area contributed by atoms with Gasteiger partial charge in [-0.1, -0.05) is 60.5 Å². The molecule has 1 atom stereocenters. The number of hydrogen-bond donors (Lipinski definition) is 1. The van der Waals surface area contributed by atoms with Crippen molar-refractivity contribution >= 4 is 50.7 Å². The van der Waals surface area contributed by atoms with Crippen molar-refractivity contribution in [2.75, 3.05) is 17.4 Å². The SMILES string of the molecule is CCNC(=O)C(CC)N(Cc1ccc(Cl)cc1)C(=O)CN(c1ccc(Cl)c(C(F)(F)F)c1)S(=O)(=O)c1ccccc1. The lowest BCUT2D eigenvalue weighted by molar-refractivity contribution is -0.140. The van der Waals surface area contributed by atoms with Gasteiger partial charge in [-0.2, -0.15) is 13.2 Å². The van der Waals surface area contributed by atoms with Crippen LogP contribution in [0.15, 0.2) is 77.7 Å². The molecule has 0 radical (unpaired) electrons. The van der Waals surface area contributed by atoms with Crippen molar-refractivity contribution in [2.45, 2.75) is 43.9 Å². The molecule has 0 aliphatic heterocycles. The topological polar surface area (TPSA) is 86.8 Å². The minimum absolute atomic E-state index is 0.0840. The largest absolute Gasteiger partial charge is 0.417 e. The van der Waals surface area contributed by atoms with Gasteiger partial charge in [0.05, 0.1) is 21.2 Å². The number of nitrogens with one attached hydrogen (secondary N) is 1. The molecule has 3 aromatic rings. The van der Waals surface area contributed by atoms with E-state index in [4.69, 9.17) is 23.2 Å². The molecule has 2 amide bonds. The Hall–Kier alpha value is -3.28. The van der Waals surface area contributed by atoms with Crippen LogP contribution in [-0.2, 0) is 32.3 Å². The summed E-state index contributed by atoms with van der Waals surface area (Å²) in [7, 11) is -4.54. The van der Waals surface area contributed by atoms with Gasteiger partial charge in [-0.05, 0) is 61.4 Å². The van der Waals surface area contributed by atoms with Crippen LogP contribution >= 0.6 is 23.2 Å². The highest BCUT2D eigenvalue weighted by Gasteiger charge is 2.37. The molecule has 41 heavy (non-hydrogen) atoms. The van der Waals surface area contributed by atoms with E-state index in [1.165, 1.54) is 29.2 Å². The van der Waals surface area contributed by atoms with Gasteiger partial charge in [0.25, 0.3) is 10.0 Å². The average molecular weight is 631 g/mol. The highest BCUT2D eigenvalue weighted by molar-refractivity contribution is 7.92. The molecule has 0 bridgehead atoms. The summed E-state index contributed by atoms with van der Waals surface area (Å²) in [5, 5.41) is 2.49. The number of sulfonamides is 1. The molecule has 7 nitrogen and oxygen atoms in total. The maximum atomic E-state index is 13.9. The van der Waals surface area contributed by atoms with Crippen LogP contribution in [0.25, 0.3) is 0 Å². The highest BCUT2D eigenvalue weighted by atomic mass is 35.5. The number of anilines is 1. The molecule has 0 aliphatic rings. The number of halogens is 5. The van der Waals surface area contributed by atoms with Crippen LogP contribution in [0.4, 0.5) is 18.9 Å². The molecule has 0 aromatic heterocycles. The Balaban J connectivity index is 2.13. The van der Waals surface area contributed by atoms with E-state index < -0.39 is 56.9 Å². The molecule has 0 spiro atoms. The Morgan fingerprint density at radius 3 is 2.15 bits per heavy atom. The lowest BCUT2D eigenvalue weighted by Crippen LogP contribution is -2.52. The number of carbonyl (C=O) groups excluding carboxylic acids is 2. The summed E-state index contributed by atoms with van der Waals surface area (Å²) in [6, 6.07) is 15.1. The van der Waals surface area contributed by atoms with E-state index in [1.54, 1.807) is 44.2 Å². The minimum Gasteiger partial charge on any atom is -0.355 e. The number of benzene rings is 3. The van der Waals surface area contributed by atoms with Gasteiger partial charge in [0.1, 0.15) is 12.6 Å². The first-order chi connectivity index (χ1) is 19.3. The maximum absolute atomic E-state index is 13.9. The van der Waals surface area contributed by atoms with Gasteiger partial charge >= 0.3 is 6.18 Å². The molecular formula is C28H28Cl2F3N3O4S. The molecule has 0 fully saturated rings. The Kier molecular flexibility index (Phi) is 10.7. The molecule has 0 heterocycles. The average Bonchev–Trinajstić information content (AvgIpc) is 2.93. The molecular weight excluding hydrogens is 602 g/mol. The molecule has 0 saturated carbocycles. The highest BCUT2D eigenvalue weighted by Crippen LogP contribution is 2.38. The van der Waals surface area contributed by atoms with Gasteiger partial charge in [0.2, 0.25) is 11.8 Å². The second-order valence-electron chi connectivity index (χ2n) is 8.95. The van der Waals surface area contributed by atoms with Crippen LogP contribution < -0.4 is 9.62 Å².